The van der Waals surface area contributed by atoms with Crippen LogP contribution in [0.1, 0.15) is 11.3 Å². The molecule has 4 aromatic rings. The summed E-state index contributed by atoms with van der Waals surface area (Å²) in [5.41, 5.74) is 0.300. The molecule has 0 atom stereocenters. The van der Waals surface area contributed by atoms with Crippen LogP contribution < -0.4 is 21.9 Å². The van der Waals surface area contributed by atoms with Crippen LogP contribution in [0.5, 0.6) is 5.75 Å². The van der Waals surface area contributed by atoms with Crippen LogP contribution in [0.25, 0.3) is 22.9 Å². The highest BCUT2D eigenvalue weighted by atomic mass is 32.2. The maximum Gasteiger partial charge on any atom is 0.299 e. The molecule has 6 N–H and O–H groups in total. The van der Waals surface area contributed by atoms with Crippen LogP contribution in [0.4, 0.5) is 11.6 Å². The fourth-order valence-corrected chi connectivity index (χ4v) is 3.60. The Kier molecular flexibility index (Phi) is 5.34. The highest BCUT2D eigenvalue weighted by molar-refractivity contribution is 7.89. The van der Waals surface area contributed by atoms with Crippen LogP contribution in [-0.4, -0.2) is 28.4 Å². The number of anilines is 2. The van der Waals surface area contributed by atoms with Gasteiger partial charge >= 0.3 is 0 Å². The lowest BCUT2D eigenvalue weighted by atomic mass is 10.0. The quantitative estimate of drug-likeness (QED) is 0.334. The number of hydrogen-bond acceptors (Lipinski definition) is 8. The largest absolute Gasteiger partial charge is 0.507 e. The van der Waals surface area contributed by atoms with Crippen molar-refractivity contribution in [1.29, 1.82) is 0 Å². The molecule has 0 amide bonds. The van der Waals surface area contributed by atoms with Crippen LogP contribution >= 0.6 is 0 Å². The van der Waals surface area contributed by atoms with Crippen molar-refractivity contribution in [3.05, 3.63) is 82.3 Å². The number of phenols is 1. The molecule has 0 aliphatic heterocycles. The molecule has 11 heteroatoms. The third-order valence-electron chi connectivity index (χ3n) is 4.71. The van der Waals surface area contributed by atoms with Gasteiger partial charge in [0.15, 0.2) is 5.69 Å². The second-order valence-electron chi connectivity index (χ2n) is 6.83. The molecule has 0 aliphatic rings. The standard InChI is InChI=1S/C21H18N6O4S/c22-27-20(29)18(11-10-17-16-4-2-1-3-13(16)5-12-19(17)28)25-26-21(27)24-14-6-8-15(9-7-14)32(23,30)31/h1-12,28H,22H2,(H,24,26)(H2,23,30,31)/b11-10+. The van der Waals surface area contributed by atoms with Crippen molar-refractivity contribution in [1.82, 2.24) is 14.9 Å². The summed E-state index contributed by atoms with van der Waals surface area (Å²) in [6, 6.07) is 16.4. The Balaban J connectivity index is 1.63. The highest BCUT2D eigenvalue weighted by Gasteiger charge is 2.11. The number of fused-ring (bicyclic) bond motifs is 1. The lowest BCUT2D eigenvalue weighted by Crippen LogP contribution is -2.32. The summed E-state index contributed by atoms with van der Waals surface area (Å²) in [7, 11) is -3.82. The van der Waals surface area contributed by atoms with Crippen molar-refractivity contribution < 1.29 is 13.5 Å². The number of benzene rings is 3. The second kappa shape index (κ2) is 8.13. The van der Waals surface area contributed by atoms with Gasteiger partial charge in [0.25, 0.3) is 5.56 Å². The molecule has 0 saturated heterocycles. The van der Waals surface area contributed by atoms with Crippen molar-refractivity contribution in [2.45, 2.75) is 4.90 Å². The summed E-state index contributed by atoms with van der Waals surface area (Å²) >= 11 is 0. The average molecular weight is 450 g/mol. The van der Waals surface area contributed by atoms with Gasteiger partial charge in [-0.1, -0.05) is 30.3 Å². The first-order valence-corrected chi connectivity index (χ1v) is 10.8. The van der Waals surface area contributed by atoms with E-state index in [2.05, 4.69) is 15.5 Å². The molecule has 0 radical (unpaired) electrons. The molecule has 3 aromatic carbocycles. The summed E-state index contributed by atoms with van der Waals surface area (Å²) < 4.78 is 23.5. The second-order valence-corrected chi connectivity index (χ2v) is 8.39. The smallest absolute Gasteiger partial charge is 0.299 e. The van der Waals surface area contributed by atoms with E-state index < -0.39 is 15.6 Å². The predicted octanol–water partition coefficient (Wildman–Crippen LogP) is 1.77. The van der Waals surface area contributed by atoms with E-state index >= 15 is 0 Å². The van der Waals surface area contributed by atoms with Gasteiger partial charge in [0, 0.05) is 11.3 Å². The van der Waals surface area contributed by atoms with E-state index in [0.29, 0.717) is 11.3 Å². The molecule has 0 saturated carbocycles. The molecule has 162 valence electrons. The first kappa shape index (κ1) is 21.0. The normalized spacial score (nSPS) is 11.8. The third kappa shape index (κ3) is 4.15. The van der Waals surface area contributed by atoms with Gasteiger partial charge in [0.1, 0.15) is 5.75 Å². The maximum atomic E-state index is 12.6. The Morgan fingerprint density at radius 3 is 2.41 bits per heavy atom. The van der Waals surface area contributed by atoms with E-state index in [1.54, 1.807) is 18.2 Å². The predicted molar refractivity (Wildman–Crippen MR) is 122 cm³/mol. The molecule has 1 aromatic heterocycles. The first-order chi connectivity index (χ1) is 15.2. The van der Waals surface area contributed by atoms with E-state index in [-0.39, 0.29) is 22.3 Å². The van der Waals surface area contributed by atoms with Crippen LogP contribution in [0.3, 0.4) is 0 Å². The number of rotatable bonds is 5. The Morgan fingerprint density at radius 1 is 0.969 bits per heavy atom. The number of nitrogen functional groups attached to an aromatic ring is 1. The highest BCUT2D eigenvalue weighted by Crippen LogP contribution is 2.28. The number of primary sulfonamides is 1. The third-order valence-corrected chi connectivity index (χ3v) is 5.64. The fraction of sp³-hybridized carbons (Fsp3) is 0. The topological polar surface area (TPSA) is 166 Å². The Labute approximate surface area is 182 Å². The van der Waals surface area contributed by atoms with Gasteiger partial charge in [0.2, 0.25) is 16.0 Å². The molecule has 0 spiro atoms. The number of nitrogens with two attached hydrogens (primary N) is 2. The lowest BCUT2D eigenvalue weighted by Gasteiger charge is -2.09. The number of aromatic hydroxyl groups is 1. The Bertz CT molecular complexity index is 1510. The molecule has 1 heterocycles. The monoisotopic (exact) mass is 450 g/mol. The minimum Gasteiger partial charge on any atom is -0.507 e. The summed E-state index contributed by atoms with van der Waals surface area (Å²) in [4.78, 5) is 12.6. The number of nitrogens with one attached hydrogen (secondary N) is 1. The van der Waals surface area contributed by atoms with E-state index in [4.69, 9.17) is 11.0 Å². The first-order valence-electron chi connectivity index (χ1n) is 9.27. The molecular weight excluding hydrogens is 432 g/mol. The number of nitrogens with zero attached hydrogens (tertiary/aromatic N) is 3. The van der Waals surface area contributed by atoms with Crippen LogP contribution in [0.2, 0.25) is 0 Å². The van der Waals surface area contributed by atoms with Crippen molar-refractivity contribution >= 4 is 44.6 Å². The molecular formula is C21H18N6O4S. The molecule has 0 unspecified atom stereocenters. The van der Waals surface area contributed by atoms with Gasteiger partial charge in [-0.3, -0.25) is 4.79 Å². The van der Waals surface area contributed by atoms with Crippen molar-refractivity contribution in [2.24, 2.45) is 5.14 Å². The summed E-state index contributed by atoms with van der Waals surface area (Å²) in [6.07, 6.45) is 2.99. The number of hydrogen-bond donors (Lipinski definition) is 4. The average Bonchev–Trinajstić information content (AvgIpc) is 2.77. The SMILES string of the molecule is Nn1c(Nc2ccc(S(N)(=O)=O)cc2)nnc(/C=C/c2c(O)ccc3ccccc23)c1=O. The van der Waals surface area contributed by atoms with Crippen LogP contribution in [-0.2, 0) is 10.0 Å². The summed E-state index contributed by atoms with van der Waals surface area (Å²) in [6.45, 7) is 0. The van der Waals surface area contributed by atoms with Crippen LogP contribution in [0.15, 0.2) is 70.4 Å². The Morgan fingerprint density at radius 2 is 1.69 bits per heavy atom. The van der Waals surface area contributed by atoms with E-state index in [1.807, 2.05) is 24.3 Å². The van der Waals surface area contributed by atoms with Gasteiger partial charge < -0.3 is 16.3 Å². The van der Waals surface area contributed by atoms with Gasteiger partial charge in [-0.05, 0) is 53.3 Å². The molecule has 0 fully saturated rings. The van der Waals surface area contributed by atoms with Gasteiger partial charge in [-0.15, -0.1) is 10.2 Å². The van der Waals surface area contributed by atoms with E-state index in [9.17, 15) is 18.3 Å². The zero-order valence-electron chi connectivity index (χ0n) is 16.5. The van der Waals surface area contributed by atoms with Crippen molar-refractivity contribution in [3.63, 3.8) is 0 Å². The fourth-order valence-electron chi connectivity index (χ4n) is 3.08. The summed E-state index contributed by atoms with van der Waals surface area (Å²) in [5, 5.41) is 27.7. The molecule has 0 bridgehead atoms. The molecule has 10 nitrogen and oxygen atoms in total. The van der Waals surface area contributed by atoms with E-state index in [1.165, 1.54) is 30.3 Å². The number of aromatic nitrogens is 3. The molecule has 4 rings (SSSR count). The minimum atomic E-state index is -3.82. The van der Waals surface area contributed by atoms with Gasteiger partial charge in [0.05, 0.1) is 4.90 Å². The van der Waals surface area contributed by atoms with Gasteiger partial charge in [-0.2, -0.15) is 4.68 Å². The minimum absolute atomic E-state index is 0.0324. The number of phenolic OH excluding ortho intramolecular Hbond substituents is 1. The van der Waals surface area contributed by atoms with E-state index in [0.717, 1.165) is 15.4 Å². The van der Waals surface area contributed by atoms with Crippen molar-refractivity contribution in [2.75, 3.05) is 11.2 Å². The maximum absolute atomic E-state index is 12.6. The van der Waals surface area contributed by atoms with Crippen LogP contribution in [0, 0.1) is 0 Å². The zero-order valence-corrected chi connectivity index (χ0v) is 17.3. The molecule has 0 aliphatic carbocycles. The number of sulfonamides is 1. The van der Waals surface area contributed by atoms with Gasteiger partial charge in [-0.25, -0.2) is 13.6 Å². The lowest BCUT2D eigenvalue weighted by molar-refractivity contribution is 0.475. The molecule has 32 heavy (non-hydrogen) atoms. The zero-order chi connectivity index (χ0) is 22.9. The Hall–Kier alpha value is -4.22. The van der Waals surface area contributed by atoms with Crippen molar-refractivity contribution in [3.8, 4) is 5.75 Å². The summed E-state index contributed by atoms with van der Waals surface area (Å²) in [5.74, 6) is 5.87.